The van der Waals surface area contributed by atoms with Gasteiger partial charge in [0.05, 0.1) is 19.7 Å². The minimum Gasteiger partial charge on any atom is -0.494 e. The zero-order chi connectivity index (χ0) is 11.9. The summed E-state index contributed by atoms with van der Waals surface area (Å²) < 4.78 is 11.1. The lowest BCUT2D eigenvalue weighted by Crippen LogP contribution is -3.10. The molecular weight excluding hydrogens is 214 g/mol. The Hall–Kier alpha value is -1.22. The Bertz CT molecular complexity index is 317. The van der Waals surface area contributed by atoms with Crippen molar-refractivity contribution in [2.24, 2.45) is 0 Å². The summed E-state index contributed by atoms with van der Waals surface area (Å²) in [6, 6.07) is 7.87. The molecule has 0 aliphatic carbocycles. The Kier molecular flexibility index (Phi) is 4.68. The van der Waals surface area contributed by atoms with Crippen LogP contribution in [0.5, 0.6) is 11.5 Å². The number of hydrogen-bond acceptors (Lipinski definition) is 2. The van der Waals surface area contributed by atoms with Gasteiger partial charge in [-0.3, -0.25) is 0 Å². The van der Waals surface area contributed by atoms with Gasteiger partial charge >= 0.3 is 0 Å². The van der Waals surface area contributed by atoms with Crippen molar-refractivity contribution in [2.75, 3.05) is 32.8 Å². The first-order valence-corrected chi connectivity index (χ1v) is 6.57. The van der Waals surface area contributed by atoms with Crippen molar-refractivity contribution in [3.05, 3.63) is 24.3 Å². The molecule has 1 N–H and O–H groups in total. The fourth-order valence-electron chi connectivity index (χ4n) is 2.24. The van der Waals surface area contributed by atoms with Crippen LogP contribution >= 0.6 is 0 Å². The Morgan fingerprint density at radius 2 is 1.59 bits per heavy atom. The third-order valence-electron chi connectivity index (χ3n) is 3.17. The van der Waals surface area contributed by atoms with Gasteiger partial charge < -0.3 is 14.4 Å². The van der Waals surface area contributed by atoms with E-state index in [1.54, 1.807) is 4.90 Å². The first-order valence-electron chi connectivity index (χ1n) is 6.57. The van der Waals surface area contributed by atoms with Crippen molar-refractivity contribution in [1.29, 1.82) is 0 Å². The smallest absolute Gasteiger partial charge is 0.137 e. The molecule has 1 saturated heterocycles. The summed E-state index contributed by atoms with van der Waals surface area (Å²) in [5.41, 5.74) is 0. The summed E-state index contributed by atoms with van der Waals surface area (Å²) >= 11 is 0. The second-order valence-corrected chi connectivity index (χ2v) is 4.46. The van der Waals surface area contributed by atoms with E-state index in [-0.39, 0.29) is 0 Å². The minimum atomic E-state index is 0.707. The maximum Gasteiger partial charge on any atom is 0.137 e. The molecule has 3 nitrogen and oxygen atoms in total. The van der Waals surface area contributed by atoms with Gasteiger partial charge in [0.1, 0.15) is 24.7 Å². The highest BCUT2D eigenvalue weighted by Gasteiger charge is 2.14. The van der Waals surface area contributed by atoms with Crippen LogP contribution < -0.4 is 14.4 Å². The molecule has 1 heterocycles. The van der Waals surface area contributed by atoms with Crippen LogP contribution in [0.25, 0.3) is 0 Å². The van der Waals surface area contributed by atoms with E-state index in [1.807, 2.05) is 31.2 Å². The molecule has 0 saturated carbocycles. The average molecular weight is 236 g/mol. The molecule has 1 aromatic rings. The molecule has 0 atom stereocenters. The zero-order valence-corrected chi connectivity index (χ0v) is 10.6. The molecule has 0 bridgehead atoms. The SMILES string of the molecule is CCOc1ccc(OCC[NH+]2CCCC2)cc1. The normalized spacial score (nSPS) is 16.1. The lowest BCUT2D eigenvalue weighted by molar-refractivity contribution is -0.887. The molecule has 3 heteroatoms. The summed E-state index contributed by atoms with van der Waals surface area (Å²) in [6.45, 7) is 7.25. The molecule has 1 fully saturated rings. The van der Waals surface area contributed by atoms with Gasteiger partial charge in [-0.1, -0.05) is 0 Å². The van der Waals surface area contributed by atoms with Crippen molar-refractivity contribution < 1.29 is 14.4 Å². The Morgan fingerprint density at radius 1 is 1.00 bits per heavy atom. The van der Waals surface area contributed by atoms with Gasteiger partial charge in [-0.15, -0.1) is 0 Å². The van der Waals surface area contributed by atoms with Gasteiger partial charge in [0, 0.05) is 12.8 Å². The molecule has 1 aliphatic heterocycles. The number of benzene rings is 1. The van der Waals surface area contributed by atoms with E-state index >= 15 is 0 Å². The molecule has 17 heavy (non-hydrogen) atoms. The lowest BCUT2D eigenvalue weighted by Gasteiger charge is -2.12. The van der Waals surface area contributed by atoms with E-state index in [9.17, 15) is 0 Å². The lowest BCUT2D eigenvalue weighted by atomic mass is 10.3. The third kappa shape index (κ3) is 3.93. The maximum absolute atomic E-state index is 5.72. The molecule has 0 spiro atoms. The summed E-state index contributed by atoms with van der Waals surface area (Å²) in [4.78, 5) is 1.68. The number of likely N-dealkylation sites (tertiary alicyclic amines) is 1. The number of hydrogen-bond donors (Lipinski definition) is 1. The first-order chi connectivity index (χ1) is 8.38. The predicted octanol–water partition coefficient (Wildman–Crippen LogP) is 1.14. The molecule has 0 amide bonds. The molecule has 0 unspecified atom stereocenters. The number of rotatable bonds is 6. The number of nitrogens with one attached hydrogen (secondary N) is 1. The van der Waals surface area contributed by atoms with Crippen LogP contribution in [0.4, 0.5) is 0 Å². The summed E-state index contributed by atoms with van der Waals surface area (Å²) in [7, 11) is 0. The van der Waals surface area contributed by atoms with E-state index in [4.69, 9.17) is 9.47 Å². The van der Waals surface area contributed by atoms with Crippen LogP contribution in [0.1, 0.15) is 19.8 Å². The Labute approximate surface area is 103 Å². The van der Waals surface area contributed by atoms with Crippen LogP contribution in [0.3, 0.4) is 0 Å². The standard InChI is InChI=1S/C14H21NO2/c1-2-16-13-5-7-14(8-6-13)17-12-11-15-9-3-4-10-15/h5-8H,2-4,9-12H2,1H3/p+1. The molecular formula is C14H22NO2+. The van der Waals surface area contributed by atoms with E-state index in [0.717, 1.165) is 24.7 Å². The zero-order valence-electron chi connectivity index (χ0n) is 10.6. The van der Waals surface area contributed by atoms with Gasteiger partial charge in [0.2, 0.25) is 0 Å². The second-order valence-electron chi connectivity index (χ2n) is 4.46. The van der Waals surface area contributed by atoms with E-state index in [0.29, 0.717) is 6.61 Å². The average Bonchev–Trinajstić information content (AvgIpc) is 2.85. The summed E-state index contributed by atoms with van der Waals surface area (Å²) in [6.07, 6.45) is 2.75. The monoisotopic (exact) mass is 236 g/mol. The molecule has 1 aliphatic rings. The van der Waals surface area contributed by atoms with E-state index in [2.05, 4.69) is 0 Å². The van der Waals surface area contributed by atoms with Crippen LogP contribution in [-0.2, 0) is 0 Å². The highest BCUT2D eigenvalue weighted by Crippen LogP contribution is 2.17. The van der Waals surface area contributed by atoms with Gasteiger partial charge in [-0.2, -0.15) is 0 Å². The fourth-order valence-corrected chi connectivity index (χ4v) is 2.24. The molecule has 94 valence electrons. The number of quaternary nitrogens is 1. The van der Waals surface area contributed by atoms with E-state index in [1.165, 1.54) is 25.9 Å². The number of ether oxygens (including phenoxy) is 2. The quantitative estimate of drug-likeness (QED) is 0.800. The highest BCUT2D eigenvalue weighted by atomic mass is 16.5. The van der Waals surface area contributed by atoms with Crippen LogP contribution in [-0.4, -0.2) is 32.8 Å². The Balaban J connectivity index is 1.70. The highest BCUT2D eigenvalue weighted by molar-refractivity contribution is 5.31. The van der Waals surface area contributed by atoms with E-state index < -0.39 is 0 Å². The largest absolute Gasteiger partial charge is 0.494 e. The topological polar surface area (TPSA) is 22.9 Å². The van der Waals surface area contributed by atoms with Gasteiger partial charge in [0.25, 0.3) is 0 Å². The maximum atomic E-state index is 5.72. The summed E-state index contributed by atoms with van der Waals surface area (Å²) in [5, 5.41) is 0. The van der Waals surface area contributed by atoms with Crippen molar-refractivity contribution >= 4 is 0 Å². The third-order valence-corrected chi connectivity index (χ3v) is 3.17. The van der Waals surface area contributed by atoms with Crippen LogP contribution in [0.15, 0.2) is 24.3 Å². The van der Waals surface area contributed by atoms with Gasteiger partial charge in [-0.25, -0.2) is 0 Å². The first kappa shape index (κ1) is 12.2. The molecule has 1 aromatic carbocycles. The Morgan fingerprint density at radius 3 is 2.18 bits per heavy atom. The van der Waals surface area contributed by atoms with Crippen LogP contribution in [0.2, 0.25) is 0 Å². The molecule has 2 rings (SSSR count). The predicted molar refractivity (Wildman–Crippen MR) is 67.9 cm³/mol. The summed E-state index contributed by atoms with van der Waals surface area (Å²) in [5.74, 6) is 1.84. The fraction of sp³-hybridized carbons (Fsp3) is 0.571. The molecule has 0 aromatic heterocycles. The van der Waals surface area contributed by atoms with Gasteiger partial charge in [-0.05, 0) is 31.2 Å². The van der Waals surface area contributed by atoms with Crippen LogP contribution in [0, 0.1) is 0 Å². The van der Waals surface area contributed by atoms with Gasteiger partial charge in [0.15, 0.2) is 0 Å². The van der Waals surface area contributed by atoms with Crippen molar-refractivity contribution in [3.63, 3.8) is 0 Å². The van der Waals surface area contributed by atoms with Crippen molar-refractivity contribution in [2.45, 2.75) is 19.8 Å². The minimum absolute atomic E-state index is 0.707. The second kappa shape index (κ2) is 6.50. The molecule has 0 radical (unpaired) electrons. The van der Waals surface area contributed by atoms with Crippen molar-refractivity contribution in [1.82, 2.24) is 0 Å². The van der Waals surface area contributed by atoms with Crippen molar-refractivity contribution in [3.8, 4) is 11.5 Å².